The molecule has 2 fully saturated rings. The number of benzene rings is 1. The van der Waals surface area contributed by atoms with Crippen LogP contribution in [0.15, 0.2) is 28.7 Å². The molecule has 1 aromatic carbocycles. The van der Waals surface area contributed by atoms with E-state index in [-0.39, 0.29) is 5.54 Å². The molecular formula is C14H18BrN. The maximum absolute atomic E-state index is 6.55. The number of hydrogen-bond donors (Lipinski definition) is 1. The van der Waals surface area contributed by atoms with E-state index in [1.807, 2.05) is 0 Å². The van der Waals surface area contributed by atoms with E-state index >= 15 is 0 Å². The van der Waals surface area contributed by atoms with E-state index in [0.29, 0.717) is 5.92 Å². The first-order chi connectivity index (χ1) is 7.70. The lowest BCUT2D eigenvalue weighted by Gasteiger charge is -2.19. The van der Waals surface area contributed by atoms with Gasteiger partial charge in [-0.05, 0) is 42.9 Å². The first kappa shape index (κ1) is 10.8. The molecule has 0 aromatic heterocycles. The van der Waals surface area contributed by atoms with Crippen molar-refractivity contribution < 1.29 is 0 Å². The third kappa shape index (κ3) is 1.72. The molecule has 0 radical (unpaired) electrons. The fraction of sp³-hybridized carbons (Fsp3) is 0.571. The summed E-state index contributed by atoms with van der Waals surface area (Å²) in [5, 5.41) is 0. The van der Waals surface area contributed by atoms with Crippen molar-refractivity contribution in [3.8, 4) is 0 Å². The Morgan fingerprint density at radius 3 is 2.38 bits per heavy atom. The second kappa shape index (κ2) is 3.85. The van der Waals surface area contributed by atoms with E-state index in [4.69, 9.17) is 5.73 Å². The van der Waals surface area contributed by atoms with Gasteiger partial charge in [0.2, 0.25) is 0 Å². The van der Waals surface area contributed by atoms with Gasteiger partial charge in [-0.1, -0.05) is 40.9 Å². The highest BCUT2D eigenvalue weighted by atomic mass is 79.9. The van der Waals surface area contributed by atoms with E-state index in [1.54, 1.807) is 0 Å². The van der Waals surface area contributed by atoms with Gasteiger partial charge in [0.25, 0.3) is 0 Å². The molecule has 2 saturated carbocycles. The molecule has 2 atom stereocenters. The van der Waals surface area contributed by atoms with E-state index in [2.05, 4.69) is 40.2 Å². The Balaban J connectivity index is 1.76. The van der Waals surface area contributed by atoms with Gasteiger partial charge in [0.1, 0.15) is 0 Å². The molecule has 0 spiro atoms. The summed E-state index contributed by atoms with van der Waals surface area (Å²) in [5.74, 6) is 1.39. The molecule has 2 aliphatic rings. The average molecular weight is 280 g/mol. The quantitative estimate of drug-likeness (QED) is 0.875. The van der Waals surface area contributed by atoms with Crippen molar-refractivity contribution >= 4 is 15.9 Å². The van der Waals surface area contributed by atoms with Crippen LogP contribution in [-0.4, -0.2) is 5.54 Å². The standard InChI is InChI=1S/C14H18BrN/c15-12-7-5-10(6-8-12)13-9-14(13,16)11-3-1-2-4-11/h5-8,11,13H,1-4,9,16H2. The number of nitrogens with two attached hydrogens (primary N) is 1. The lowest BCUT2D eigenvalue weighted by atomic mass is 9.92. The summed E-state index contributed by atoms with van der Waals surface area (Å²) >= 11 is 3.48. The fourth-order valence-corrected chi connectivity index (χ4v) is 3.60. The predicted octanol–water partition coefficient (Wildman–Crippen LogP) is 3.82. The smallest absolute Gasteiger partial charge is 0.0259 e. The van der Waals surface area contributed by atoms with Crippen LogP contribution in [-0.2, 0) is 0 Å². The maximum atomic E-state index is 6.55. The van der Waals surface area contributed by atoms with Gasteiger partial charge in [0, 0.05) is 15.9 Å². The second-order valence-corrected chi connectivity index (χ2v) is 6.32. The molecule has 2 unspecified atom stereocenters. The van der Waals surface area contributed by atoms with Crippen LogP contribution in [0.1, 0.15) is 43.6 Å². The molecular weight excluding hydrogens is 262 g/mol. The molecule has 86 valence electrons. The summed E-state index contributed by atoms with van der Waals surface area (Å²) in [6.45, 7) is 0. The topological polar surface area (TPSA) is 26.0 Å². The molecule has 0 heterocycles. The first-order valence-electron chi connectivity index (χ1n) is 6.24. The Labute approximate surface area is 106 Å². The number of rotatable bonds is 2. The number of halogens is 1. The van der Waals surface area contributed by atoms with Gasteiger partial charge in [0.15, 0.2) is 0 Å². The van der Waals surface area contributed by atoms with Gasteiger partial charge in [0.05, 0.1) is 0 Å². The van der Waals surface area contributed by atoms with Crippen LogP contribution >= 0.6 is 15.9 Å². The van der Waals surface area contributed by atoms with E-state index < -0.39 is 0 Å². The van der Waals surface area contributed by atoms with Crippen molar-refractivity contribution in [3.05, 3.63) is 34.3 Å². The minimum absolute atomic E-state index is 0.129. The molecule has 3 rings (SSSR count). The van der Waals surface area contributed by atoms with Crippen LogP contribution in [0.4, 0.5) is 0 Å². The zero-order chi connectivity index (χ0) is 11.2. The van der Waals surface area contributed by atoms with Gasteiger partial charge >= 0.3 is 0 Å². The minimum Gasteiger partial charge on any atom is -0.324 e. The number of hydrogen-bond acceptors (Lipinski definition) is 1. The fourth-order valence-electron chi connectivity index (χ4n) is 3.33. The molecule has 0 saturated heterocycles. The predicted molar refractivity (Wildman–Crippen MR) is 70.4 cm³/mol. The third-order valence-electron chi connectivity index (χ3n) is 4.43. The third-order valence-corrected chi connectivity index (χ3v) is 4.96. The van der Waals surface area contributed by atoms with E-state index in [0.717, 1.165) is 10.4 Å². The normalized spacial score (nSPS) is 34.2. The molecule has 0 amide bonds. The molecule has 16 heavy (non-hydrogen) atoms. The van der Waals surface area contributed by atoms with E-state index in [9.17, 15) is 0 Å². The molecule has 1 aromatic rings. The molecule has 2 N–H and O–H groups in total. The zero-order valence-corrected chi connectivity index (χ0v) is 11.0. The summed E-state index contributed by atoms with van der Waals surface area (Å²) in [4.78, 5) is 0. The SMILES string of the molecule is NC1(C2CCCC2)CC1c1ccc(Br)cc1. The zero-order valence-electron chi connectivity index (χ0n) is 9.45. The van der Waals surface area contributed by atoms with Crippen LogP contribution in [0.25, 0.3) is 0 Å². The largest absolute Gasteiger partial charge is 0.324 e. The van der Waals surface area contributed by atoms with Crippen molar-refractivity contribution in [2.75, 3.05) is 0 Å². The van der Waals surface area contributed by atoms with Crippen molar-refractivity contribution in [1.82, 2.24) is 0 Å². The van der Waals surface area contributed by atoms with Gasteiger partial charge in [-0.3, -0.25) is 0 Å². The summed E-state index contributed by atoms with van der Waals surface area (Å²) in [6, 6.07) is 8.70. The molecule has 0 bridgehead atoms. The van der Waals surface area contributed by atoms with Crippen molar-refractivity contribution in [2.24, 2.45) is 11.7 Å². The van der Waals surface area contributed by atoms with Crippen LogP contribution in [0.5, 0.6) is 0 Å². The summed E-state index contributed by atoms with van der Waals surface area (Å²) in [6.07, 6.45) is 6.67. The Bertz CT molecular complexity index is 380. The second-order valence-electron chi connectivity index (χ2n) is 5.40. The van der Waals surface area contributed by atoms with Crippen molar-refractivity contribution in [1.29, 1.82) is 0 Å². The Morgan fingerprint density at radius 2 is 1.75 bits per heavy atom. The Kier molecular flexibility index (Phi) is 2.60. The Hall–Kier alpha value is -0.340. The summed E-state index contributed by atoms with van der Waals surface area (Å²) in [7, 11) is 0. The average Bonchev–Trinajstić information content (AvgIpc) is 2.77. The van der Waals surface area contributed by atoms with E-state index in [1.165, 1.54) is 37.7 Å². The highest BCUT2D eigenvalue weighted by molar-refractivity contribution is 9.10. The molecule has 0 aliphatic heterocycles. The lowest BCUT2D eigenvalue weighted by Crippen LogP contribution is -2.32. The molecule has 2 aliphatic carbocycles. The van der Waals surface area contributed by atoms with Gasteiger partial charge < -0.3 is 5.73 Å². The van der Waals surface area contributed by atoms with Gasteiger partial charge in [-0.25, -0.2) is 0 Å². The summed E-state index contributed by atoms with van der Waals surface area (Å²) < 4.78 is 1.15. The highest BCUT2D eigenvalue weighted by Gasteiger charge is 2.56. The highest BCUT2D eigenvalue weighted by Crippen LogP contribution is 2.57. The summed E-state index contributed by atoms with van der Waals surface area (Å²) in [5.41, 5.74) is 8.11. The van der Waals surface area contributed by atoms with Crippen LogP contribution < -0.4 is 5.73 Å². The van der Waals surface area contributed by atoms with Crippen LogP contribution in [0.2, 0.25) is 0 Å². The van der Waals surface area contributed by atoms with Crippen LogP contribution in [0, 0.1) is 5.92 Å². The van der Waals surface area contributed by atoms with Crippen LogP contribution in [0.3, 0.4) is 0 Å². The van der Waals surface area contributed by atoms with Crippen molar-refractivity contribution in [2.45, 2.75) is 43.6 Å². The minimum atomic E-state index is 0.129. The Morgan fingerprint density at radius 1 is 1.12 bits per heavy atom. The molecule has 2 heteroatoms. The maximum Gasteiger partial charge on any atom is 0.0259 e. The van der Waals surface area contributed by atoms with Gasteiger partial charge in [-0.2, -0.15) is 0 Å². The monoisotopic (exact) mass is 279 g/mol. The first-order valence-corrected chi connectivity index (χ1v) is 7.04. The van der Waals surface area contributed by atoms with Crippen molar-refractivity contribution in [3.63, 3.8) is 0 Å². The lowest BCUT2D eigenvalue weighted by molar-refractivity contribution is 0.404. The van der Waals surface area contributed by atoms with Gasteiger partial charge in [-0.15, -0.1) is 0 Å². The molecule has 1 nitrogen and oxygen atoms in total.